The molecule has 1 saturated heterocycles. The molecule has 1 fully saturated rings. The number of benzene rings is 1. The van der Waals surface area contributed by atoms with Crippen LogP contribution in [0.1, 0.15) is 13.3 Å². The van der Waals surface area contributed by atoms with E-state index in [2.05, 4.69) is 5.32 Å². The Hall–Kier alpha value is -2.44. The van der Waals surface area contributed by atoms with Crippen molar-refractivity contribution in [1.29, 1.82) is 0 Å². The molecule has 29 heavy (non-hydrogen) atoms. The van der Waals surface area contributed by atoms with Gasteiger partial charge in [-0.05, 0) is 12.1 Å². The Morgan fingerprint density at radius 1 is 1.34 bits per heavy atom. The van der Waals surface area contributed by atoms with Gasteiger partial charge in [-0.1, -0.05) is 6.07 Å². The molecule has 11 nitrogen and oxygen atoms in total. The van der Waals surface area contributed by atoms with Gasteiger partial charge in [-0.2, -0.15) is 0 Å². The number of aliphatic carboxylic acids is 1. The fourth-order valence-corrected chi connectivity index (χ4v) is 3.09. The second-order valence-corrected chi connectivity index (χ2v) is 6.66. The topological polar surface area (TPSA) is 175 Å². The molecule has 0 spiro atoms. The van der Waals surface area contributed by atoms with Crippen molar-refractivity contribution in [3.63, 3.8) is 0 Å². The molecule has 0 aromatic heterocycles. The smallest absolute Gasteiger partial charge is 0.377 e. The van der Waals surface area contributed by atoms with Crippen molar-refractivity contribution in [3.8, 4) is 11.5 Å². The lowest BCUT2D eigenvalue weighted by atomic mass is 9.88. The van der Waals surface area contributed by atoms with E-state index in [0.717, 1.165) is 6.92 Å². The lowest BCUT2D eigenvalue weighted by molar-refractivity contribution is -0.284. The summed E-state index contributed by atoms with van der Waals surface area (Å²) in [4.78, 5) is 23.5. The summed E-state index contributed by atoms with van der Waals surface area (Å²) in [5, 5.41) is 52.0. The van der Waals surface area contributed by atoms with Gasteiger partial charge in [-0.3, -0.25) is 4.79 Å². The molecule has 2 rings (SSSR count). The summed E-state index contributed by atoms with van der Waals surface area (Å²) in [6, 6.07) is 4.73. The van der Waals surface area contributed by atoms with Gasteiger partial charge < -0.3 is 45.1 Å². The van der Waals surface area contributed by atoms with Crippen molar-refractivity contribution in [3.05, 3.63) is 24.3 Å². The minimum absolute atomic E-state index is 0.0490. The van der Waals surface area contributed by atoms with E-state index in [1.807, 2.05) is 0 Å². The Balaban J connectivity index is 2.42. The number of carboxylic acid groups (broad SMARTS) is 1. The molecule has 6 unspecified atom stereocenters. The first-order chi connectivity index (χ1) is 13.6. The number of carbonyl (C=O) groups is 2. The predicted octanol–water partition coefficient (Wildman–Crippen LogP) is -1.78. The summed E-state index contributed by atoms with van der Waals surface area (Å²) in [5.41, 5.74) is 0. The molecule has 0 bridgehead atoms. The third-order valence-electron chi connectivity index (χ3n) is 4.51. The van der Waals surface area contributed by atoms with Crippen LogP contribution in [0.4, 0.5) is 0 Å². The molecule has 162 valence electrons. The average molecular weight is 415 g/mol. The number of amides is 1. The largest absolute Gasteiger partial charge is 0.497 e. The Morgan fingerprint density at radius 2 is 2.00 bits per heavy atom. The third-order valence-corrected chi connectivity index (χ3v) is 4.51. The van der Waals surface area contributed by atoms with Gasteiger partial charge >= 0.3 is 11.8 Å². The van der Waals surface area contributed by atoms with Gasteiger partial charge in [0.1, 0.15) is 29.8 Å². The van der Waals surface area contributed by atoms with Crippen LogP contribution >= 0.6 is 0 Å². The summed E-state index contributed by atoms with van der Waals surface area (Å²) in [6.07, 6.45) is -7.26. The minimum Gasteiger partial charge on any atom is -0.497 e. The SMILES string of the molecule is COc1cccc(OC2(C(=O)O)CC(O)C(NC(C)=O)C(C(O)C(O)CO)O2)c1. The molecule has 6 N–H and O–H groups in total. The first kappa shape index (κ1) is 22.8. The summed E-state index contributed by atoms with van der Waals surface area (Å²) >= 11 is 0. The zero-order valence-corrected chi connectivity index (χ0v) is 15.9. The Morgan fingerprint density at radius 3 is 2.55 bits per heavy atom. The standard InChI is InChI=1S/C18H25NO10/c1-9(21)19-14-12(22)7-18(17(25)26,29-16(14)15(24)13(23)8-20)28-11-5-3-4-10(6-11)27-2/h3-6,12-16,20,22-24H,7-8H2,1-2H3,(H,19,21)(H,25,26). The first-order valence-corrected chi connectivity index (χ1v) is 8.80. The van der Waals surface area contributed by atoms with Crippen LogP contribution < -0.4 is 14.8 Å². The van der Waals surface area contributed by atoms with Crippen molar-refractivity contribution in [1.82, 2.24) is 5.32 Å². The van der Waals surface area contributed by atoms with Gasteiger partial charge in [0.25, 0.3) is 0 Å². The number of aliphatic hydroxyl groups excluding tert-OH is 4. The van der Waals surface area contributed by atoms with Crippen LogP contribution in [0.25, 0.3) is 0 Å². The van der Waals surface area contributed by atoms with Gasteiger partial charge in [0.2, 0.25) is 5.91 Å². The van der Waals surface area contributed by atoms with Crippen LogP contribution in [-0.4, -0.2) is 87.4 Å². The number of ether oxygens (including phenoxy) is 3. The van der Waals surface area contributed by atoms with Gasteiger partial charge in [-0.25, -0.2) is 4.79 Å². The van der Waals surface area contributed by atoms with E-state index in [4.69, 9.17) is 19.3 Å². The van der Waals surface area contributed by atoms with Gasteiger partial charge in [0, 0.05) is 13.0 Å². The molecular formula is C18H25NO10. The fourth-order valence-electron chi connectivity index (χ4n) is 3.09. The molecule has 0 saturated carbocycles. The minimum atomic E-state index is -2.44. The first-order valence-electron chi connectivity index (χ1n) is 8.80. The highest BCUT2D eigenvalue weighted by atomic mass is 16.7. The number of aliphatic hydroxyl groups is 4. The number of hydrogen-bond acceptors (Lipinski definition) is 9. The van der Waals surface area contributed by atoms with Gasteiger partial charge in [0.05, 0.1) is 32.3 Å². The van der Waals surface area contributed by atoms with E-state index in [9.17, 15) is 30.0 Å². The molecule has 0 aliphatic carbocycles. The van der Waals surface area contributed by atoms with Crippen LogP contribution in [0.2, 0.25) is 0 Å². The molecule has 1 aliphatic rings. The van der Waals surface area contributed by atoms with Crippen molar-refractivity contribution in [2.75, 3.05) is 13.7 Å². The van der Waals surface area contributed by atoms with Gasteiger partial charge in [0.15, 0.2) is 0 Å². The summed E-state index contributed by atoms with van der Waals surface area (Å²) < 4.78 is 16.1. The maximum atomic E-state index is 12.0. The lowest BCUT2D eigenvalue weighted by Gasteiger charge is -2.46. The number of methoxy groups -OCH3 is 1. The highest BCUT2D eigenvalue weighted by Crippen LogP contribution is 2.35. The summed E-state index contributed by atoms with van der Waals surface area (Å²) in [5.74, 6) is -4.20. The highest BCUT2D eigenvalue weighted by molar-refractivity contribution is 5.77. The second-order valence-electron chi connectivity index (χ2n) is 6.66. The van der Waals surface area contributed by atoms with Crippen molar-refractivity contribution in [2.24, 2.45) is 0 Å². The maximum Gasteiger partial charge on any atom is 0.377 e. The molecule has 1 amide bonds. The van der Waals surface area contributed by atoms with Crippen LogP contribution in [0.5, 0.6) is 11.5 Å². The predicted molar refractivity (Wildman–Crippen MR) is 96.2 cm³/mol. The molecule has 1 aliphatic heterocycles. The Kier molecular flexibility index (Phi) is 7.38. The van der Waals surface area contributed by atoms with E-state index in [-0.39, 0.29) is 5.75 Å². The summed E-state index contributed by atoms with van der Waals surface area (Å²) in [6.45, 7) is 0.297. The zero-order valence-electron chi connectivity index (χ0n) is 15.9. The number of carboxylic acids is 1. The third kappa shape index (κ3) is 5.14. The Labute approximate surface area is 166 Å². The molecule has 1 aromatic rings. The molecular weight excluding hydrogens is 390 g/mol. The highest BCUT2D eigenvalue weighted by Gasteiger charge is 2.56. The van der Waals surface area contributed by atoms with E-state index in [1.54, 1.807) is 12.1 Å². The van der Waals surface area contributed by atoms with Crippen LogP contribution in [-0.2, 0) is 14.3 Å². The van der Waals surface area contributed by atoms with Crippen molar-refractivity contribution in [2.45, 2.75) is 49.6 Å². The zero-order chi connectivity index (χ0) is 21.8. The monoisotopic (exact) mass is 415 g/mol. The van der Waals surface area contributed by atoms with E-state index >= 15 is 0 Å². The van der Waals surface area contributed by atoms with Crippen molar-refractivity contribution < 1.29 is 49.3 Å². The van der Waals surface area contributed by atoms with E-state index in [1.165, 1.54) is 19.2 Å². The molecule has 1 heterocycles. The number of hydrogen-bond donors (Lipinski definition) is 6. The summed E-state index contributed by atoms with van der Waals surface area (Å²) in [7, 11) is 1.41. The van der Waals surface area contributed by atoms with Crippen molar-refractivity contribution >= 4 is 11.9 Å². The number of carbonyl (C=O) groups excluding carboxylic acids is 1. The van der Waals surface area contributed by atoms with E-state index in [0.29, 0.717) is 5.75 Å². The van der Waals surface area contributed by atoms with Crippen LogP contribution in [0.15, 0.2) is 24.3 Å². The molecule has 0 radical (unpaired) electrons. The molecule has 11 heteroatoms. The fraction of sp³-hybridized carbons (Fsp3) is 0.556. The van der Waals surface area contributed by atoms with Gasteiger partial charge in [-0.15, -0.1) is 0 Å². The Bertz CT molecular complexity index is 728. The molecule has 1 aromatic carbocycles. The number of rotatable bonds is 8. The average Bonchev–Trinajstić information content (AvgIpc) is 2.68. The second kappa shape index (κ2) is 9.37. The number of nitrogens with one attached hydrogen (secondary N) is 1. The normalized spacial score (nSPS) is 28.8. The van der Waals surface area contributed by atoms with E-state index < -0.39 is 61.1 Å². The lowest BCUT2D eigenvalue weighted by Crippen LogP contribution is -2.68. The quantitative estimate of drug-likeness (QED) is 0.285. The van der Waals surface area contributed by atoms with Crippen LogP contribution in [0, 0.1) is 0 Å². The maximum absolute atomic E-state index is 12.0. The van der Waals surface area contributed by atoms with Crippen LogP contribution in [0.3, 0.4) is 0 Å². The molecule has 6 atom stereocenters.